The molecule has 27 heavy (non-hydrogen) atoms. The van der Waals surface area contributed by atoms with Gasteiger partial charge in [0.25, 0.3) is 23.2 Å². The van der Waals surface area contributed by atoms with E-state index in [9.17, 15) is 34.6 Å². The third-order valence-electron chi connectivity index (χ3n) is 3.85. The van der Waals surface area contributed by atoms with Crippen LogP contribution in [-0.2, 0) is 4.79 Å². The van der Waals surface area contributed by atoms with Crippen LogP contribution in [0.15, 0.2) is 42.5 Å². The zero-order chi connectivity index (χ0) is 19.7. The van der Waals surface area contributed by atoms with Crippen molar-refractivity contribution in [3.05, 3.63) is 73.8 Å². The number of nitrogens with zero attached hydrogens (tertiary/aromatic N) is 3. The lowest BCUT2D eigenvalue weighted by molar-refractivity contribution is -0.385. The smallest absolute Gasteiger partial charge is 0.292 e. The zero-order valence-electron chi connectivity index (χ0n) is 13.4. The van der Waals surface area contributed by atoms with E-state index >= 15 is 0 Å². The molecular weight excluding hydrogens is 360 g/mol. The van der Waals surface area contributed by atoms with E-state index in [1.165, 1.54) is 36.4 Å². The van der Waals surface area contributed by atoms with E-state index in [0.717, 1.165) is 6.07 Å². The van der Waals surface area contributed by atoms with E-state index in [2.05, 4.69) is 5.32 Å². The van der Waals surface area contributed by atoms with Crippen molar-refractivity contribution in [1.29, 1.82) is 0 Å². The number of rotatable bonds is 5. The molecule has 1 heterocycles. The topological polar surface area (TPSA) is 153 Å². The fraction of sp³-hybridized carbons (Fsp3) is 0.0625. The highest BCUT2D eigenvalue weighted by atomic mass is 16.6. The van der Waals surface area contributed by atoms with Crippen LogP contribution in [0.2, 0.25) is 0 Å². The van der Waals surface area contributed by atoms with Gasteiger partial charge in [0, 0.05) is 12.1 Å². The molecule has 0 saturated heterocycles. The number of benzene rings is 2. The fourth-order valence-corrected chi connectivity index (χ4v) is 2.68. The lowest BCUT2D eigenvalue weighted by Gasteiger charge is -2.13. The molecule has 0 aromatic heterocycles. The molecule has 1 aliphatic heterocycles. The highest BCUT2D eigenvalue weighted by Gasteiger charge is 2.41. The first kappa shape index (κ1) is 17.7. The molecule has 0 bridgehead atoms. The Bertz CT molecular complexity index is 1020. The number of carbonyl (C=O) groups is 3. The summed E-state index contributed by atoms with van der Waals surface area (Å²) in [4.78, 5) is 58.0. The molecule has 136 valence electrons. The van der Waals surface area contributed by atoms with Crippen molar-refractivity contribution in [2.75, 3.05) is 11.9 Å². The first-order chi connectivity index (χ1) is 12.8. The van der Waals surface area contributed by atoms with Gasteiger partial charge in [-0.05, 0) is 12.1 Å². The van der Waals surface area contributed by atoms with Crippen LogP contribution in [0.4, 0.5) is 17.1 Å². The lowest BCUT2D eigenvalue weighted by Crippen LogP contribution is -2.37. The van der Waals surface area contributed by atoms with Gasteiger partial charge in [-0.1, -0.05) is 18.2 Å². The summed E-state index contributed by atoms with van der Waals surface area (Å²) in [5.74, 6) is -2.68. The van der Waals surface area contributed by atoms with Gasteiger partial charge in [-0.25, -0.2) is 0 Å². The van der Waals surface area contributed by atoms with Crippen molar-refractivity contribution in [2.24, 2.45) is 0 Å². The zero-order valence-corrected chi connectivity index (χ0v) is 13.4. The minimum absolute atomic E-state index is 0.102. The van der Waals surface area contributed by atoms with Gasteiger partial charge in [-0.3, -0.25) is 39.5 Å². The van der Waals surface area contributed by atoms with Crippen molar-refractivity contribution in [3.8, 4) is 0 Å². The number of hydrogen-bond donors (Lipinski definition) is 1. The summed E-state index contributed by atoms with van der Waals surface area (Å²) in [6.45, 7) is -0.741. The first-order valence-corrected chi connectivity index (χ1v) is 7.48. The quantitative estimate of drug-likeness (QED) is 0.478. The summed E-state index contributed by atoms with van der Waals surface area (Å²) >= 11 is 0. The maximum absolute atomic E-state index is 12.4. The van der Waals surface area contributed by atoms with Crippen LogP contribution in [0.25, 0.3) is 0 Å². The van der Waals surface area contributed by atoms with Crippen molar-refractivity contribution in [2.45, 2.75) is 0 Å². The Morgan fingerprint density at radius 2 is 1.56 bits per heavy atom. The summed E-state index contributed by atoms with van der Waals surface area (Å²) in [5, 5.41) is 24.3. The molecule has 0 saturated carbocycles. The Morgan fingerprint density at radius 3 is 2.22 bits per heavy atom. The lowest BCUT2D eigenvalue weighted by atomic mass is 10.1. The molecule has 0 unspecified atom stereocenters. The number of nitrogens with one attached hydrogen (secondary N) is 1. The van der Waals surface area contributed by atoms with E-state index < -0.39 is 39.8 Å². The second-order valence-corrected chi connectivity index (χ2v) is 5.48. The molecule has 11 nitrogen and oxygen atoms in total. The number of anilines is 1. The van der Waals surface area contributed by atoms with E-state index in [-0.39, 0.29) is 22.5 Å². The summed E-state index contributed by atoms with van der Waals surface area (Å²) in [6, 6.07) is 8.96. The molecule has 3 amide bonds. The van der Waals surface area contributed by atoms with E-state index in [0.29, 0.717) is 4.90 Å². The Morgan fingerprint density at radius 1 is 0.926 bits per heavy atom. The average Bonchev–Trinajstić information content (AvgIpc) is 2.87. The Labute approximate surface area is 150 Å². The predicted molar refractivity (Wildman–Crippen MR) is 90.2 cm³/mol. The fourth-order valence-electron chi connectivity index (χ4n) is 2.68. The first-order valence-electron chi connectivity index (χ1n) is 7.48. The Hall–Kier alpha value is -4.15. The van der Waals surface area contributed by atoms with Crippen LogP contribution < -0.4 is 5.32 Å². The molecule has 3 rings (SSSR count). The second-order valence-electron chi connectivity index (χ2n) is 5.48. The van der Waals surface area contributed by atoms with Gasteiger partial charge in [0.1, 0.15) is 17.8 Å². The van der Waals surface area contributed by atoms with E-state index in [4.69, 9.17) is 0 Å². The number of carbonyl (C=O) groups excluding carboxylic acids is 3. The van der Waals surface area contributed by atoms with Crippen molar-refractivity contribution >= 4 is 34.8 Å². The van der Waals surface area contributed by atoms with Gasteiger partial charge in [-0.15, -0.1) is 0 Å². The van der Waals surface area contributed by atoms with Crippen LogP contribution in [0.1, 0.15) is 20.7 Å². The number of hydrogen-bond acceptors (Lipinski definition) is 7. The second kappa shape index (κ2) is 6.63. The molecule has 1 aliphatic rings. The number of fused-ring (bicyclic) bond motifs is 1. The molecule has 1 N–H and O–H groups in total. The highest BCUT2D eigenvalue weighted by molar-refractivity contribution is 6.24. The van der Waals surface area contributed by atoms with Crippen LogP contribution in [-0.4, -0.2) is 39.0 Å². The van der Waals surface area contributed by atoms with Gasteiger partial charge < -0.3 is 5.32 Å². The van der Waals surface area contributed by atoms with Gasteiger partial charge in [0.05, 0.1) is 15.4 Å². The number of nitro groups is 2. The summed E-state index contributed by atoms with van der Waals surface area (Å²) in [6.07, 6.45) is 0. The van der Waals surface area contributed by atoms with Gasteiger partial charge in [0.2, 0.25) is 5.91 Å². The predicted octanol–water partition coefficient (Wildman–Crippen LogP) is 1.74. The third-order valence-corrected chi connectivity index (χ3v) is 3.85. The van der Waals surface area contributed by atoms with Crippen molar-refractivity contribution in [1.82, 2.24) is 4.90 Å². The Kier molecular flexibility index (Phi) is 4.34. The highest BCUT2D eigenvalue weighted by Crippen LogP contribution is 2.30. The summed E-state index contributed by atoms with van der Waals surface area (Å²) in [5.41, 5.74) is -1.55. The monoisotopic (exact) mass is 370 g/mol. The maximum Gasteiger partial charge on any atom is 0.292 e. The molecule has 0 radical (unpaired) electrons. The molecular formula is C16H10N4O7. The summed E-state index contributed by atoms with van der Waals surface area (Å²) < 4.78 is 0. The molecule has 0 aliphatic carbocycles. The standard InChI is InChI=1S/C16H10N4O7/c21-13(17-10-5-1-2-6-11(10)19(24)25)8-18-15(22)9-4-3-7-12(20(26)27)14(9)16(18)23/h1-7H,8H2,(H,17,21). The molecule has 2 aromatic carbocycles. The van der Waals surface area contributed by atoms with Crippen LogP contribution in [0.5, 0.6) is 0 Å². The minimum atomic E-state index is -0.972. The number of para-hydroxylation sites is 2. The van der Waals surface area contributed by atoms with Crippen molar-refractivity contribution in [3.63, 3.8) is 0 Å². The van der Waals surface area contributed by atoms with E-state index in [1.54, 1.807) is 0 Å². The van der Waals surface area contributed by atoms with Gasteiger partial charge >= 0.3 is 0 Å². The van der Waals surface area contributed by atoms with E-state index in [1.807, 2.05) is 0 Å². The number of imide groups is 1. The minimum Gasteiger partial charge on any atom is -0.319 e. The van der Waals surface area contributed by atoms with Crippen molar-refractivity contribution < 1.29 is 24.2 Å². The summed E-state index contributed by atoms with van der Waals surface area (Å²) in [7, 11) is 0. The van der Waals surface area contributed by atoms with Gasteiger partial charge in [-0.2, -0.15) is 0 Å². The third kappa shape index (κ3) is 3.08. The molecule has 11 heteroatoms. The molecule has 0 spiro atoms. The molecule has 2 aromatic rings. The largest absolute Gasteiger partial charge is 0.319 e. The molecule has 0 atom stereocenters. The van der Waals surface area contributed by atoms with Crippen LogP contribution in [0, 0.1) is 20.2 Å². The number of amides is 3. The average molecular weight is 370 g/mol. The maximum atomic E-state index is 12.4. The number of nitro benzene ring substituents is 2. The van der Waals surface area contributed by atoms with Crippen LogP contribution >= 0.6 is 0 Å². The molecule has 0 fully saturated rings. The normalized spacial score (nSPS) is 12.7. The SMILES string of the molecule is O=C(CN1C(=O)c2cccc([N+](=O)[O-])c2C1=O)Nc1ccccc1[N+](=O)[O-]. The van der Waals surface area contributed by atoms with Gasteiger partial charge in [0.15, 0.2) is 0 Å². The van der Waals surface area contributed by atoms with Crippen LogP contribution in [0.3, 0.4) is 0 Å². The Balaban J connectivity index is 1.83.